The highest BCUT2D eigenvalue weighted by Crippen LogP contribution is 2.21. The maximum atomic E-state index is 12.7. The molecular weight excluding hydrogens is 388 g/mol. The molecule has 2 heterocycles. The van der Waals surface area contributed by atoms with Crippen LogP contribution in [0.2, 0.25) is 0 Å². The number of nitrogens with one attached hydrogen (secondary N) is 1. The average Bonchev–Trinajstić information content (AvgIpc) is 2.73. The molecule has 0 saturated carbocycles. The SMILES string of the molecule is CN(C)S(=O)(=O)N1CCC[C@H](C(=O)NCc2cccc(CN3CCCCC3)c2)C1. The van der Waals surface area contributed by atoms with E-state index in [0.717, 1.165) is 31.6 Å². The molecule has 1 N–H and O–H groups in total. The van der Waals surface area contributed by atoms with E-state index in [1.807, 2.05) is 12.1 Å². The van der Waals surface area contributed by atoms with Gasteiger partial charge in [0.15, 0.2) is 0 Å². The number of carbonyl (C=O) groups is 1. The Balaban J connectivity index is 1.53. The van der Waals surface area contributed by atoms with E-state index in [1.165, 1.54) is 47.5 Å². The Hall–Kier alpha value is -1.48. The molecule has 8 heteroatoms. The van der Waals surface area contributed by atoms with Crippen LogP contribution in [-0.4, -0.2) is 68.1 Å². The molecule has 1 aromatic carbocycles. The topological polar surface area (TPSA) is 73.0 Å². The lowest BCUT2D eigenvalue weighted by Crippen LogP contribution is -2.48. The Labute approximate surface area is 175 Å². The third-order valence-electron chi connectivity index (χ3n) is 5.86. The maximum absolute atomic E-state index is 12.7. The highest BCUT2D eigenvalue weighted by atomic mass is 32.2. The Morgan fingerprint density at radius 2 is 1.83 bits per heavy atom. The molecule has 7 nitrogen and oxygen atoms in total. The number of hydrogen-bond donors (Lipinski definition) is 1. The van der Waals surface area contributed by atoms with Crippen molar-refractivity contribution in [1.29, 1.82) is 0 Å². The summed E-state index contributed by atoms with van der Waals surface area (Å²) in [5.74, 6) is -0.361. The summed E-state index contributed by atoms with van der Waals surface area (Å²) in [5.41, 5.74) is 2.36. The fourth-order valence-corrected chi connectivity index (χ4v) is 5.33. The third kappa shape index (κ3) is 6.01. The van der Waals surface area contributed by atoms with Gasteiger partial charge in [-0.05, 0) is 49.9 Å². The fourth-order valence-electron chi connectivity index (χ4n) is 4.14. The Morgan fingerprint density at radius 3 is 2.55 bits per heavy atom. The quantitative estimate of drug-likeness (QED) is 0.727. The Bertz CT molecular complexity index is 791. The molecule has 29 heavy (non-hydrogen) atoms. The maximum Gasteiger partial charge on any atom is 0.281 e. The van der Waals surface area contributed by atoms with Crippen molar-refractivity contribution in [3.8, 4) is 0 Å². The molecule has 2 aliphatic rings. The molecular formula is C21H34N4O3S. The number of piperidine rings is 2. The number of rotatable bonds is 7. The van der Waals surface area contributed by atoms with Gasteiger partial charge in [-0.3, -0.25) is 9.69 Å². The number of benzene rings is 1. The van der Waals surface area contributed by atoms with Crippen LogP contribution in [0.1, 0.15) is 43.2 Å². The molecule has 2 aliphatic heterocycles. The Kier molecular flexibility index (Phi) is 7.67. The van der Waals surface area contributed by atoms with Gasteiger partial charge in [-0.2, -0.15) is 17.0 Å². The first kappa shape index (κ1) is 22.2. The van der Waals surface area contributed by atoms with Crippen LogP contribution < -0.4 is 5.32 Å². The normalized spacial score (nSPS) is 22.0. The van der Waals surface area contributed by atoms with E-state index in [9.17, 15) is 13.2 Å². The van der Waals surface area contributed by atoms with Gasteiger partial charge in [0.25, 0.3) is 10.2 Å². The number of nitrogens with zero attached hydrogens (tertiary/aromatic N) is 3. The van der Waals surface area contributed by atoms with E-state index in [0.29, 0.717) is 19.5 Å². The van der Waals surface area contributed by atoms with Crippen molar-refractivity contribution < 1.29 is 13.2 Å². The van der Waals surface area contributed by atoms with E-state index < -0.39 is 10.2 Å². The van der Waals surface area contributed by atoms with E-state index in [-0.39, 0.29) is 18.4 Å². The second-order valence-corrected chi connectivity index (χ2v) is 10.5. The molecule has 1 amide bonds. The molecule has 0 aliphatic carbocycles. The average molecular weight is 423 g/mol. The molecule has 0 aromatic heterocycles. The van der Waals surface area contributed by atoms with Crippen LogP contribution in [0.4, 0.5) is 0 Å². The molecule has 1 aromatic rings. The molecule has 162 valence electrons. The summed E-state index contributed by atoms with van der Waals surface area (Å²) in [5, 5.41) is 3.01. The van der Waals surface area contributed by atoms with E-state index in [4.69, 9.17) is 0 Å². The number of carbonyl (C=O) groups excluding carboxylic acids is 1. The standard InChI is InChI=1S/C21H34N4O3S/c1-23(2)29(27,28)25-13-7-10-20(17-25)21(26)22-15-18-8-6-9-19(14-18)16-24-11-4-3-5-12-24/h6,8-9,14,20H,3-5,7,10-13,15-17H2,1-2H3,(H,22,26)/t20-/m0/s1. The van der Waals surface area contributed by atoms with Gasteiger partial charge in [0, 0.05) is 40.3 Å². The van der Waals surface area contributed by atoms with Crippen LogP contribution in [0.5, 0.6) is 0 Å². The van der Waals surface area contributed by atoms with Gasteiger partial charge in [0.1, 0.15) is 0 Å². The minimum Gasteiger partial charge on any atom is -0.352 e. The lowest BCUT2D eigenvalue weighted by molar-refractivity contribution is -0.126. The largest absolute Gasteiger partial charge is 0.352 e. The number of hydrogen-bond acceptors (Lipinski definition) is 4. The van der Waals surface area contributed by atoms with E-state index in [2.05, 4.69) is 22.3 Å². The molecule has 0 unspecified atom stereocenters. The van der Waals surface area contributed by atoms with Gasteiger partial charge < -0.3 is 5.32 Å². The molecule has 0 radical (unpaired) electrons. The molecule has 2 saturated heterocycles. The predicted molar refractivity (Wildman–Crippen MR) is 114 cm³/mol. The van der Waals surface area contributed by atoms with E-state index >= 15 is 0 Å². The smallest absolute Gasteiger partial charge is 0.281 e. The summed E-state index contributed by atoms with van der Waals surface area (Å²) < 4.78 is 27.3. The van der Waals surface area contributed by atoms with Gasteiger partial charge in [-0.25, -0.2) is 0 Å². The zero-order chi connectivity index (χ0) is 20.9. The van der Waals surface area contributed by atoms with Crippen molar-refractivity contribution in [2.45, 2.75) is 45.2 Å². The summed E-state index contributed by atoms with van der Waals surface area (Å²) in [4.78, 5) is 15.2. The lowest BCUT2D eigenvalue weighted by Gasteiger charge is -2.32. The Morgan fingerprint density at radius 1 is 1.10 bits per heavy atom. The molecule has 0 bridgehead atoms. The van der Waals surface area contributed by atoms with Gasteiger partial charge >= 0.3 is 0 Å². The summed E-state index contributed by atoms with van der Waals surface area (Å²) in [6.45, 7) is 4.49. The van der Waals surface area contributed by atoms with Crippen molar-refractivity contribution in [3.05, 3.63) is 35.4 Å². The zero-order valence-electron chi connectivity index (χ0n) is 17.6. The van der Waals surface area contributed by atoms with Crippen LogP contribution in [0.3, 0.4) is 0 Å². The molecule has 2 fully saturated rings. The second kappa shape index (κ2) is 10.0. The van der Waals surface area contributed by atoms with Crippen molar-refractivity contribution in [1.82, 2.24) is 18.8 Å². The lowest BCUT2D eigenvalue weighted by atomic mass is 9.98. The first-order valence-electron chi connectivity index (χ1n) is 10.6. The molecule has 1 atom stereocenters. The second-order valence-electron chi connectivity index (χ2n) is 8.36. The predicted octanol–water partition coefficient (Wildman–Crippen LogP) is 1.81. The van der Waals surface area contributed by atoms with Crippen molar-refractivity contribution in [3.63, 3.8) is 0 Å². The van der Waals surface area contributed by atoms with Gasteiger partial charge in [-0.1, -0.05) is 30.7 Å². The molecule has 3 rings (SSSR count). The summed E-state index contributed by atoms with van der Waals surface area (Å²) in [7, 11) is -0.424. The highest BCUT2D eigenvalue weighted by Gasteiger charge is 2.33. The van der Waals surface area contributed by atoms with E-state index in [1.54, 1.807) is 0 Å². The van der Waals surface area contributed by atoms with Crippen molar-refractivity contribution in [2.24, 2.45) is 5.92 Å². The summed E-state index contributed by atoms with van der Waals surface area (Å²) >= 11 is 0. The van der Waals surface area contributed by atoms with Crippen molar-refractivity contribution >= 4 is 16.1 Å². The van der Waals surface area contributed by atoms with Gasteiger partial charge in [0.05, 0.1) is 5.92 Å². The third-order valence-corrected chi connectivity index (χ3v) is 7.76. The van der Waals surface area contributed by atoms with Crippen LogP contribution in [0.25, 0.3) is 0 Å². The summed E-state index contributed by atoms with van der Waals surface area (Å²) in [6.07, 6.45) is 5.31. The van der Waals surface area contributed by atoms with Gasteiger partial charge in [0.2, 0.25) is 5.91 Å². The minimum absolute atomic E-state index is 0.0647. The molecule has 0 spiro atoms. The summed E-state index contributed by atoms with van der Waals surface area (Å²) in [6, 6.07) is 8.39. The van der Waals surface area contributed by atoms with Crippen LogP contribution in [0.15, 0.2) is 24.3 Å². The van der Waals surface area contributed by atoms with Gasteiger partial charge in [-0.15, -0.1) is 0 Å². The van der Waals surface area contributed by atoms with Crippen LogP contribution in [-0.2, 0) is 28.1 Å². The highest BCUT2D eigenvalue weighted by molar-refractivity contribution is 7.86. The number of likely N-dealkylation sites (tertiary alicyclic amines) is 1. The monoisotopic (exact) mass is 422 g/mol. The minimum atomic E-state index is -3.47. The number of amides is 1. The van der Waals surface area contributed by atoms with Crippen molar-refractivity contribution in [2.75, 3.05) is 40.3 Å². The van der Waals surface area contributed by atoms with Crippen LogP contribution >= 0.6 is 0 Å². The zero-order valence-corrected chi connectivity index (χ0v) is 18.5. The van der Waals surface area contributed by atoms with Crippen LogP contribution in [0, 0.1) is 5.92 Å². The first-order valence-corrected chi connectivity index (χ1v) is 12.0. The first-order chi connectivity index (χ1) is 13.9. The fraction of sp³-hybridized carbons (Fsp3) is 0.667.